The minimum Gasteiger partial charge on any atom is -0.338 e. The molecule has 0 saturated carbocycles. The number of carbonyl (C=O) groups excluding carboxylic acids is 2. The van der Waals surface area contributed by atoms with E-state index in [1.807, 2.05) is 0 Å². The van der Waals surface area contributed by atoms with Crippen molar-refractivity contribution in [3.63, 3.8) is 0 Å². The maximum atomic E-state index is 12.1. The van der Waals surface area contributed by atoms with Gasteiger partial charge in [0.25, 0.3) is 0 Å². The Morgan fingerprint density at radius 1 is 0.700 bits per heavy atom. The van der Waals surface area contributed by atoms with E-state index in [0.29, 0.717) is 11.3 Å². The van der Waals surface area contributed by atoms with Gasteiger partial charge in [0.05, 0.1) is 11.5 Å². The van der Waals surface area contributed by atoms with E-state index in [1.54, 1.807) is 72.9 Å². The zero-order valence-electron chi connectivity index (χ0n) is 15.9. The van der Waals surface area contributed by atoms with Gasteiger partial charge in [-0.3, -0.25) is 9.59 Å². The number of carbonyl (C=O) groups is 2. The first kappa shape index (κ1) is 21.9. The van der Waals surface area contributed by atoms with Gasteiger partial charge < -0.3 is 4.84 Å². The molecule has 0 unspecified atom stereocenters. The Hall–Kier alpha value is -4.40. The number of allylic oxidation sites excluding steroid dienone is 11. The number of ketones is 2. The predicted molar refractivity (Wildman–Crippen MR) is 110 cm³/mol. The van der Waals surface area contributed by atoms with Gasteiger partial charge in [0.2, 0.25) is 0 Å². The molecule has 1 aromatic rings. The van der Waals surface area contributed by atoms with Gasteiger partial charge in [-0.25, -0.2) is 0 Å². The molecular weight excluding hydrogens is 384 g/mol. The average molecular weight is 402 g/mol. The summed E-state index contributed by atoms with van der Waals surface area (Å²) in [6.07, 6.45) is 19.1. The molecule has 9 nitrogen and oxygen atoms in total. The molecule has 0 N–H and O–H groups in total. The zero-order valence-corrected chi connectivity index (χ0v) is 15.9. The van der Waals surface area contributed by atoms with Gasteiger partial charge >= 0.3 is 0 Å². The third-order valence-corrected chi connectivity index (χ3v) is 3.31. The van der Waals surface area contributed by atoms with Crippen LogP contribution in [0.15, 0.2) is 129 Å². The molecule has 0 aliphatic carbocycles. The van der Waals surface area contributed by atoms with Gasteiger partial charge in [0.1, 0.15) is 0 Å². The number of rotatable bonds is 0. The van der Waals surface area contributed by atoms with E-state index in [0.717, 1.165) is 0 Å². The third kappa shape index (κ3) is 9.51. The summed E-state index contributed by atoms with van der Waals surface area (Å²) in [5.41, 5.74) is 0.577. The van der Waals surface area contributed by atoms with E-state index in [2.05, 4.69) is 31.3 Å². The van der Waals surface area contributed by atoms with E-state index in [4.69, 9.17) is 4.84 Å². The Kier molecular flexibility index (Phi) is 10.0. The van der Waals surface area contributed by atoms with Gasteiger partial charge in [0.15, 0.2) is 17.3 Å². The molecule has 1 aliphatic rings. The maximum Gasteiger partial charge on any atom is 0.178 e. The first-order valence-electron chi connectivity index (χ1n) is 8.79. The van der Waals surface area contributed by atoms with Crippen molar-refractivity contribution >= 4 is 11.6 Å². The van der Waals surface area contributed by atoms with E-state index < -0.39 is 0 Å². The van der Waals surface area contributed by atoms with Crippen molar-refractivity contribution in [2.75, 3.05) is 0 Å². The Bertz CT molecular complexity index is 998. The Labute approximate surface area is 172 Å². The monoisotopic (exact) mass is 402 g/mol. The smallest absolute Gasteiger partial charge is 0.178 e. The lowest BCUT2D eigenvalue weighted by Crippen LogP contribution is -2.01. The average Bonchev–Trinajstić information content (AvgIpc) is 2.75. The number of hydrogen-bond donors (Lipinski definition) is 0. The van der Waals surface area contributed by atoms with Crippen LogP contribution in [0.4, 0.5) is 0 Å². The SMILES string of the molecule is O=C1\C=C/C=C\C=C/C=C\C=C/N=N\N=N/N=N\Oc2ccccc2CC(=O)/C=C\1. The summed E-state index contributed by atoms with van der Waals surface area (Å²) in [4.78, 5) is 29.1. The van der Waals surface area contributed by atoms with Gasteiger partial charge in [-0.2, -0.15) is 0 Å². The molecule has 1 heterocycles. The molecule has 0 radical (unpaired) electrons. The molecular formula is C21H18N6O3. The minimum atomic E-state index is -0.297. The van der Waals surface area contributed by atoms with Crippen molar-refractivity contribution in [1.82, 2.24) is 0 Å². The van der Waals surface area contributed by atoms with E-state index in [9.17, 15) is 9.59 Å². The largest absolute Gasteiger partial charge is 0.338 e. The van der Waals surface area contributed by atoms with Crippen LogP contribution in [-0.2, 0) is 16.0 Å². The van der Waals surface area contributed by atoms with E-state index in [-0.39, 0.29) is 18.0 Å². The Morgan fingerprint density at radius 2 is 1.40 bits per heavy atom. The molecule has 0 atom stereocenters. The molecule has 1 aliphatic heterocycles. The fourth-order valence-electron chi connectivity index (χ4n) is 2.01. The summed E-state index contributed by atoms with van der Waals surface area (Å²) in [7, 11) is 0. The van der Waals surface area contributed by atoms with Crippen molar-refractivity contribution in [3.05, 3.63) is 103 Å². The van der Waals surface area contributed by atoms with Gasteiger partial charge in [-0.1, -0.05) is 60.7 Å². The number of para-hydroxylation sites is 1. The lowest BCUT2D eigenvalue weighted by molar-refractivity contribution is -0.115. The molecule has 0 aromatic heterocycles. The van der Waals surface area contributed by atoms with Crippen molar-refractivity contribution in [3.8, 4) is 5.75 Å². The summed E-state index contributed by atoms with van der Waals surface area (Å²) in [6.45, 7) is 0. The highest BCUT2D eigenvalue weighted by Crippen LogP contribution is 2.19. The van der Waals surface area contributed by atoms with Crippen LogP contribution in [0.2, 0.25) is 0 Å². The fourth-order valence-corrected chi connectivity index (χ4v) is 2.01. The molecule has 0 bridgehead atoms. The van der Waals surface area contributed by atoms with Crippen LogP contribution in [0, 0.1) is 0 Å². The normalized spacial score (nSPS) is 25.3. The second-order valence-corrected chi connectivity index (χ2v) is 5.49. The van der Waals surface area contributed by atoms with Crippen molar-refractivity contribution < 1.29 is 14.4 Å². The molecule has 150 valence electrons. The van der Waals surface area contributed by atoms with Gasteiger partial charge in [-0.15, -0.1) is 5.11 Å². The lowest BCUT2D eigenvalue weighted by Gasteiger charge is -2.03. The third-order valence-electron chi connectivity index (χ3n) is 3.31. The van der Waals surface area contributed by atoms with Gasteiger partial charge in [-0.05, 0) is 40.8 Å². The number of benzene rings is 1. The first-order valence-corrected chi connectivity index (χ1v) is 8.79. The summed E-state index contributed by atoms with van der Waals surface area (Å²) in [5.74, 6) is -0.236. The Morgan fingerprint density at radius 3 is 2.23 bits per heavy atom. The molecule has 0 saturated heterocycles. The van der Waals surface area contributed by atoms with Crippen LogP contribution >= 0.6 is 0 Å². The zero-order chi connectivity index (χ0) is 21.3. The summed E-state index contributed by atoms with van der Waals surface area (Å²) in [6, 6.07) is 6.80. The van der Waals surface area contributed by atoms with Crippen LogP contribution in [-0.4, -0.2) is 11.6 Å². The summed E-state index contributed by atoms with van der Waals surface area (Å²) < 4.78 is 0. The maximum absolute atomic E-state index is 12.1. The van der Waals surface area contributed by atoms with Crippen LogP contribution in [0.25, 0.3) is 0 Å². The molecule has 0 fully saturated rings. The molecule has 0 spiro atoms. The lowest BCUT2D eigenvalue weighted by atomic mass is 10.1. The fraction of sp³-hybridized carbons (Fsp3) is 0.0476. The number of fused-ring (bicyclic) bond motifs is 1. The van der Waals surface area contributed by atoms with Crippen LogP contribution in [0.5, 0.6) is 5.75 Å². The molecule has 0 amide bonds. The molecule has 2 rings (SSSR count). The van der Waals surface area contributed by atoms with E-state index in [1.165, 1.54) is 24.4 Å². The molecule has 9 heteroatoms. The highest BCUT2D eigenvalue weighted by atomic mass is 16.6. The van der Waals surface area contributed by atoms with Crippen LogP contribution in [0.3, 0.4) is 0 Å². The summed E-state index contributed by atoms with van der Waals surface area (Å²) >= 11 is 0. The predicted octanol–water partition coefficient (Wildman–Crippen LogP) is 5.16. The molecule has 1 aromatic carbocycles. The summed E-state index contributed by atoms with van der Waals surface area (Å²) in [5, 5.41) is 20.4. The highest BCUT2D eigenvalue weighted by Gasteiger charge is 2.07. The quantitative estimate of drug-likeness (QED) is 0.596. The van der Waals surface area contributed by atoms with Crippen molar-refractivity contribution in [2.24, 2.45) is 31.3 Å². The second kappa shape index (κ2) is 13.7. The van der Waals surface area contributed by atoms with Crippen molar-refractivity contribution in [1.29, 1.82) is 0 Å². The molecule has 30 heavy (non-hydrogen) atoms. The van der Waals surface area contributed by atoms with Gasteiger partial charge in [0, 0.05) is 22.4 Å². The first-order chi connectivity index (χ1) is 14.8. The Balaban J connectivity index is 2.15. The highest BCUT2D eigenvalue weighted by molar-refractivity contribution is 6.04. The minimum absolute atomic E-state index is 0.0273. The topological polar surface area (TPSA) is 118 Å². The van der Waals surface area contributed by atoms with E-state index >= 15 is 0 Å². The standard InChI is InChI=1S/C21H18N6O3/c28-19-12-7-5-3-1-2-4-6-10-16-22-23-24-25-26-27-30-21-13-9-8-11-18(21)17-20(29)15-14-19/h1-16H,17H2/b2-1-,5-3-,6-4-,12-7-,15-14-,16-10-,23-22-,25-24-,27-26-. The van der Waals surface area contributed by atoms with Crippen molar-refractivity contribution in [2.45, 2.75) is 6.42 Å². The number of nitrogens with zero attached hydrogens (tertiary/aromatic N) is 6. The van der Waals surface area contributed by atoms with Crippen LogP contribution < -0.4 is 4.84 Å². The van der Waals surface area contributed by atoms with Crippen LogP contribution in [0.1, 0.15) is 5.56 Å². The number of hydrogen-bond acceptors (Lipinski definition) is 9. The second-order valence-electron chi connectivity index (χ2n) is 5.49.